The van der Waals surface area contributed by atoms with Crippen molar-refractivity contribution < 1.29 is 12.6 Å². The minimum Gasteiger partial charge on any atom is -0.303 e. The first-order chi connectivity index (χ1) is 6.54. The van der Waals surface area contributed by atoms with Crippen molar-refractivity contribution in [3.8, 4) is 0 Å². The van der Waals surface area contributed by atoms with Crippen LogP contribution in [0.4, 0.5) is 0 Å². The quantitative estimate of drug-likeness (QED) is 0.698. The van der Waals surface area contributed by atoms with Crippen LogP contribution in [0, 0.1) is 11.8 Å². The lowest BCUT2D eigenvalue weighted by molar-refractivity contribution is 0.0273. The van der Waals surface area contributed by atoms with E-state index in [-0.39, 0.29) is 12.4 Å². The Morgan fingerprint density at radius 3 is 2.33 bits per heavy atom. The van der Waals surface area contributed by atoms with Crippen LogP contribution in [0.2, 0.25) is 0 Å². The first-order valence-corrected chi connectivity index (χ1v) is 6.93. The van der Waals surface area contributed by atoms with Crippen molar-refractivity contribution >= 4 is 22.5 Å². The average molecular weight is 256 g/mol. The Labute approximate surface area is 97.5 Å². The minimum absolute atomic E-state index is 0. The van der Waals surface area contributed by atoms with Crippen molar-refractivity contribution in [1.29, 1.82) is 0 Å². The summed E-state index contributed by atoms with van der Waals surface area (Å²) in [6, 6.07) is 0. The smallest absolute Gasteiger partial charge is 0.264 e. The third-order valence-electron chi connectivity index (χ3n) is 3.29. The van der Waals surface area contributed by atoms with Gasteiger partial charge in [-0.1, -0.05) is 0 Å². The van der Waals surface area contributed by atoms with Gasteiger partial charge in [-0.15, -0.1) is 12.4 Å². The number of rotatable bonds is 3. The van der Waals surface area contributed by atoms with Crippen LogP contribution >= 0.6 is 12.4 Å². The number of halogens is 1. The second-order valence-corrected chi connectivity index (χ2v) is 6.03. The van der Waals surface area contributed by atoms with E-state index in [0.717, 1.165) is 12.8 Å². The van der Waals surface area contributed by atoms with Crippen molar-refractivity contribution in [2.75, 3.05) is 32.5 Å². The molecule has 3 saturated heterocycles. The van der Waals surface area contributed by atoms with E-state index < -0.39 is 10.1 Å². The predicted octanol–water partition coefficient (Wildman–Crippen LogP) is 0.726. The van der Waals surface area contributed by atoms with Crippen molar-refractivity contribution in [2.24, 2.45) is 11.8 Å². The zero-order valence-electron chi connectivity index (χ0n) is 8.89. The molecule has 0 aromatic heterocycles. The number of nitrogens with zero attached hydrogens (tertiary/aromatic N) is 1. The molecule has 90 valence electrons. The van der Waals surface area contributed by atoms with Gasteiger partial charge in [0.1, 0.15) is 0 Å². The lowest BCUT2D eigenvalue weighted by Crippen LogP contribution is -2.48. The Balaban J connectivity index is 0.00000112. The Hall–Kier alpha value is 0.160. The Morgan fingerprint density at radius 2 is 1.93 bits per heavy atom. The van der Waals surface area contributed by atoms with E-state index in [2.05, 4.69) is 4.90 Å². The molecule has 0 radical (unpaired) electrons. The lowest BCUT2D eigenvalue weighted by atomic mass is 9.80. The first kappa shape index (κ1) is 13.2. The molecule has 0 aromatic carbocycles. The Morgan fingerprint density at radius 1 is 1.33 bits per heavy atom. The predicted molar refractivity (Wildman–Crippen MR) is 60.7 cm³/mol. The molecule has 3 rings (SSSR count). The zero-order chi connectivity index (χ0) is 10.2. The third-order valence-corrected chi connectivity index (χ3v) is 3.85. The maximum absolute atomic E-state index is 10.8. The van der Waals surface area contributed by atoms with Crippen LogP contribution in [0.25, 0.3) is 0 Å². The van der Waals surface area contributed by atoms with Gasteiger partial charge in [0.15, 0.2) is 0 Å². The van der Waals surface area contributed by atoms with Crippen molar-refractivity contribution in [3.63, 3.8) is 0 Å². The van der Waals surface area contributed by atoms with Crippen LogP contribution in [0.1, 0.15) is 12.8 Å². The highest BCUT2D eigenvalue weighted by Crippen LogP contribution is 2.32. The van der Waals surface area contributed by atoms with Gasteiger partial charge in [-0.2, -0.15) is 8.42 Å². The topological polar surface area (TPSA) is 46.6 Å². The van der Waals surface area contributed by atoms with E-state index in [1.54, 1.807) is 0 Å². The molecule has 0 N–H and O–H groups in total. The van der Waals surface area contributed by atoms with Crippen LogP contribution in [-0.4, -0.2) is 45.8 Å². The third kappa shape index (κ3) is 3.59. The molecule has 3 heterocycles. The molecule has 0 saturated carbocycles. The molecular weight excluding hydrogens is 238 g/mol. The monoisotopic (exact) mass is 255 g/mol. The number of piperidine rings is 3. The molecule has 3 aliphatic rings. The SMILES string of the molecule is CS(=O)(=O)OC[C@H]1CN2CCC1CC2.Cl. The van der Waals surface area contributed by atoms with E-state index >= 15 is 0 Å². The van der Waals surface area contributed by atoms with Gasteiger partial charge >= 0.3 is 0 Å². The molecule has 0 aromatic rings. The zero-order valence-corrected chi connectivity index (χ0v) is 10.5. The number of hydrogen-bond donors (Lipinski definition) is 0. The molecule has 3 fully saturated rings. The van der Waals surface area contributed by atoms with Gasteiger partial charge in [-0.05, 0) is 37.8 Å². The highest BCUT2D eigenvalue weighted by atomic mass is 35.5. The second kappa shape index (κ2) is 4.99. The summed E-state index contributed by atoms with van der Waals surface area (Å²) in [5, 5.41) is 0. The van der Waals surface area contributed by atoms with Gasteiger partial charge in [-0.3, -0.25) is 4.18 Å². The summed E-state index contributed by atoms with van der Waals surface area (Å²) in [6.45, 7) is 3.75. The highest BCUT2D eigenvalue weighted by molar-refractivity contribution is 7.85. The molecule has 15 heavy (non-hydrogen) atoms. The minimum atomic E-state index is -3.26. The maximum atomic E-state index is 10.8. The number of hydrogen-bond acceptors (Lipinski definition) is 4. The second-order valence-electron chi connectivity index (χ2n) is 4.39. The van der Waals surface area contributed by atoms with Crippen LogP contribution in [0.5, 0.6) is 0 Å². The molecule has 6 heteroatoms. The van der Waals surface area contributed by atoms with Crippen LogP contribution in [-0.2, 0) is 14.3 Å². The van der Waals surface area contributed by atoms with Gasteiger partial charge < -0.3 is 4.90 Å². The van der Waals surface area contributed by atoms with Crippen LogP contribution < -0.4 is 0 Å². The summed E-state index contributed by atoms with van der Waals surface area (Å²) >= 11 is 0. The van der Waals surface area contributed by atoms with Crippen molar-refractivity contribution in [3.05, 3.63) is 0 Å². The molecule has 1 atom stereocenters. The summed E-state index contributed by atoms with van der Waals surface area (Å²) in [6.07, 6.45) is 3.53. The molecule has 0 unspecified atom stereocenters. The largest absolute Gasteiger partial charge is 0.303 e. The van der Waals surface area contributed by atoms with Crippen LogP contribution in [0.15, 0.2) is 0 Å². The summed E-state index contributed by atoms with van der Waals surface area (Å²) in [5.74, 6) is 1.11. The molecule has 4 nitrogen and oxygen atoms in total. The standard InChI is InChI=1S/C9H17NO3S.ClH/c1-14(11,12)13-7-9-6-10-4-2-8(9)3-5-10;/h8-9H,2-7H2,1H3;1H/t9-;/m1./s1. The van der Waals surface area contributed by atoms with Gasteiger partial charge in [0.25, 0.3) is 10.1 Å². The van der Waals surface area contributed by atoms with E-state index in [0.29, 0.717) is 18.4 Å². The van der Waals surface area contributed by atoms with E-state index in [1.165, 1.54) is 25.9 Å². The maximum Gasteiger partial charge on any atom is 0.264 e. The molecule has 0 aliphatic carbocycles. The van der Waals surface area contributed by atoms with E-state index in [4.69, 9.17) is 4.18 Å². The summed E-state index contributed by atoms with van der Waals surface area (Å²) in [4.78, 5) is 2.40. The fourth-order valence-electron chi connectivity index (χ4n) is 2.49. The Kier molecular flexibility index (Phi) is 4.40. The number of fused-ring (bicyclic) bond motifs is 3. The van der Waals surface area contributed by atoms with Gasteiger partial charge in [0.05, 0.1) is 12.9 Å². The summed E-state index contributed by atoms with van der Waals surface area (Å²) in [5.41, 5.74) is 0. The molecular formula is C9H18ClNO3S. The Bertz CT molecular complexity index is 298. The van der Waals surface area contributed by atoms with Gasteiger partial charge in [0.2, 0.25) is 0 Å². The molecule has 0 amide bonds. The first-order valence-electron chi connectivity index (χ1n) is 5.11. The summed E-state index contributed by atoms with van der Waals surface area (Å²) in [7, 11) is -3.26. The molecule has 0 spiro atoms. The molecule has 3 aliphatic heterocycles. The van der Waals surface area contributed by atoms with Crippen molar-refractivity contribution in [2.45, 2.75) is 12.8 Å². The molecule has 2 bridgehead atoms. The van der Waals surface area contributed by atoms with Gasteiger partial charge in [0, 0.05) is 6.54 Å². The van der Waals surface area contributed by atoms with Crippen molar-refractivity contribution in [1.82, 2.24) is 4.90 Å². The van der Waals surface area contributed by atoms with E-state index in [1.807, 2.05) is 0 Å². The van der Waals surface area contributed by atoms with Crippen LogP contribution in [0.3, 0.4) is 0 Å². The van der Waals surface area contributed by atoms with Gasteiger partial charge in [-0.25, -0.2) is 0 Å². The normalized spacial score (nSPS) is 34.9. The average Bonchev–Trinajstić information content (AvgIpc) is 2.16. The van der Waals surface area contributed by atoms with E-state index in [9.17, 15) is 8.42 Å². The lowest BCUT2D eigenvalue weighted by Gasteiger charge is -2.44. The highest BCUT2D eigenvalue weighted by Gasteiger charge is 2.34. The fourth-order valence-corrected chi connectivity index (χ4v) is 2.91. The summed E-state index contributed by atoms with van der Waals surface area (Å²) < 4.78 is 26.6. The fraction of sp³-hybridized carbons (Fsp3) is 1.00.